The normalized spacial score (nSPS) is 30.9. The number of allylic oxidation sites excluding steroid dienone is 12. The van der Waals surface area contributed by atoms with E-state index in [1.54, 1.807) is 0 Å². The van der Waals surface area contributed by atoms with Gasteiger partial charge in [-0.2, -0.15) is 0 Å². The van der Waals surface area contributed by atoms with Crippen LogP contribution in [-0.4, -0.2) is 65.3 Å². The summed E-state index contributed by atoms with van der Waals surface area (Å²) in [4.78, 5) is 0. The second-order valence-electron chi connectivity index (χ2n) is 16.6. The predicted molar refractivity (Wildman–Crippen MR) is 231 cm³/mol. The van der Waals surface area contributed by atoms with Crippen molar-refractivity contribution < 1.29 is 0 Å². The van der Waals surface area contributed by atoms with Crippen LogP contribution in [-0.2, 0) is 0 Å². The van der Waals surface area contributed by atoms with Gasteiger partial charge in [0.1, 0.15) is 0 Å². The average Bonchev–Trinajstić information content (AvgIpc) is 3.86. The molecule has 0 radical (unpaired) electrons. The Morgan fingerprint density at radius 3 is 0.667 bits per heavy atom. The van der Waals surface area contributed by atoms with Crippen molar-refractivity contribution in [2.75, 3.05) is 0 Å². The van der Waals surface area contributed by atoms with E-state index in [0.717, 1.165) is 21.8 Å². The molecule has 0 bridgehead atoms. The minimum atomic E-state index is -2.26. The van der Waals surface area contributed by atoms with Crippen LogP contribution in [0.3, 0.4) is 0 Å². The van der Waals surface area contributed by atoms with E-state index < -0.39 is 65.3 Å². The molecular weight excluding hydrogens is 1200 g/mol. The molecule has 0 spiro atoms. The molecule has 0 N–H and O–H groups in total. The van der Waals surface area contributed by atoms with Crippen LogP contribution in [0.4, 0.5) is 0 Å². The fourth-order valence-corrected chi connectivity index (χ4v) is 54.5. The standard InChI is InChI=1S/6C7H11.C6H3.3Bi/c6*1-2-4-6-7-5-3-1;1-2-4-6-5-3-1;;;/h6*1-3H,4-7H2;1,4-5H;;;. The van der Waals surface area contributed by atoms with Gasteiger partial charge in [-0.25, -0.2) is 0 Å². The molecule has 0 nitrogen and oxygen atoms in total. The zero-order valence-electron chi connectivity index (χ0n) is 31.9. The van der Waals surface area contributed by atoms with E-state index in [0.29, 0.717) is 0 Å². The van der Waals surface area contributed by atoms with Crippen molar-refractivity contribution in [1.29, 1.82) is 0 Å². The molecule has 276 valence electrons. The van der Waals surface area contributed by atoms with Crippen molar-refractivity contribution >= 4 is 75.1 Å². The Morgan fingerprint density at radius 2 is 0.471 bits per heavy atom. The van der Waals surface area contributed by atoms with Gasteiger partial charge in [-0.3, -0.25) is 0 Å². The van der Waals surface area contributed by atoms with E-state index in [-0.39, 0.29) is 0 Å². The van der Waals surface area contributed by atoms with Crippen molar-refractivity contribution in [2.24, 2.45) is 0 Å². The Labute approximate surface area is 338 Å². The molecule has 6 aliphatic rings. The molecule has 0 fully saturated rings. The monoisotopic (exact) mass is 1270 g/mol. The van der Waals surface area contributed by atoms with E-state index in [1.807, 2.05) is 9.81 Å². The summed E-state index contributed by atoms with van der Waals surface area (Å²) < 4.78 is 11.4. The zero-order valence-corrected chi connectivity index (χ0v) is 42.4. The van der Waals surface area contributed by atoms with Crippen LogP contribution in [0.5, 0.6) is 0 Å². The molecule has 6 unspecified atom stereocenters. The second-order valence-corrected chi connectivity index (χ2v) is 47.6. The molecule has 0 aliphatic heterocycles. The van der Waals surface area contributed by atoms with E-state index in [4.69, 9.17) is 0 Å². The molecule has 0 saturated carbocycles. The summed E-state index contributed by atoms with van der Waals surface area (Å²) in [7, 11) is 0. The molecule has 0 saturated heterocycles. The molecule has 0 aromatic heterocycles. The maximum absolute atomic E-state index is 3.06. The SMILES string of the molecule is C1=C[CH]([Bi]([c]2c[c]([Bi]([CH]3C=CCCCC3)[CH]3C=CCCCC3)c[c]([Bi]([CH]3C=CCCCC3)[CH]3C=CCCCC3)c2)[CH]2C=CCCCC2)CCCC1. The van der Waals surface area contributed by atoms with Gasteiger partial charge >= 0.3 is 342 Å². The van der Waals surface area contributed by atoms with Gasteiger partial charge in [-0.1, -0.05) is 0 Å². The van der Waals surface area contributed by atoms with Gasteiger partial charge in [0.15, 0.2) is 0 Å². The van der Waals surface area contributed by atoms with E-state index in [2.05, 4.69) is 91.1 Å². The molecule has 3 heteroatoms. The molecule has 0 amide bonds. The molecule has 6 aliphatic carbocycles. The zero-order chi connectivity index (χ0) is 34.5. The Balaban J connectivity index is 1.42. The van der Waals surface area contributed by atoms with Crippen LogP contribution in [0, 0.1) is 0 Å². The Kier molecular flexibility index (Phi) is 16.7. The van der Waals surface area contributed by atoms with Gasteiger partial charge in [0.05, 0.1) is 0 Å². The van der Waals surface area contributed by atoms with Gasteiger partial charge in [0.2, 0.25) is 0 Å². The van der Waals surface area contributed by atoms with Crippen LogP contribution >= 0.6 is 0 Å². The first-order chi connectivity index (χ1) is 25.3. The summed E-state index contributed by atoms with van der Waals surface area (Å²) in [6.45, 7) is 0. The first kappa shape index (κ1) is 39.5. The van der Waals surface area contributed by atoms with Gasteiger partial charge < -0.3 is 0 Å². The third-order valence-corrected chi connectivity index (χ3v) is 49.5. The molecule has 0 heterocycles. The van der Waals surface area contributed by atoms with Crippen molar-refractivity contribution in [3.8, 4) is 0 Å². The van der Waals surface area contributed by atoms with Gasteiger partial charge in [-0.05, 0) is 0 Å². The summed E-state index contributed by atoms with van der Waals surface area (Å²) in [5.74, 6) is 0. The molecule has 6 atom stereocenters. The molecular formula is C48H69Bi3. The second kappa shape index (κ2) is 21.6. The van der Waals surface area contributed by atoms with Crippen LogP contribution in [0.2, 0.25) is 21.8 Å². The van der Waals surface area contributed by atoms with Crippen LogP contribution in [0.25, 0.3) is 0 Å². The van der Waals surface area contributed by atoms with Crippen molar-refractivity contribution in [2.45, 2.75) is 176 Å². The van der Waals surface area contributed by atoms with E-state index >= 15 is 0 Å². The van der Waals surface area contributed by atoms with Gasteiger partial charge in [-0.15, -0.1) is 0 Å². The number of rotatable bonds is 9. The molecule has 1 aromatic carbocycles. The van der Waals surface area contributed by atoms with Crippen molar-refractivity contribution in [3.05, 3.63) is 91.1 Å². The third kappa shape index (κ3) is 11.2. The number of benzene rings is 1. The topological polar surface area (TPSA) is 0 Å². The quantitative estimate of drug-likeness (QED) is 0.171. The minimum absolute atomic E-state index is 0.894. The van der Waals surface area contributed by atoms with Crippen LogP contribution in [0.15, 0.2) is 91.1 Å². The fraction of sp³-hybridized carbons (Fsp3) is 0.625. The van der Waals surface area contributed by atoms with E-state index in [1.165, 1.54) is 154 Å². The third-order valence-electron chi connectivity index (χ3n) is 12.8. The fourth-order valence-electron chi connectivity index (χ4n) is 10.1. The summed E-state index contributed by atoms with van der Waals surface area (Å²) in [5.41, 5.74) is 0. The van der Waals surface area contributed by atoms with Gasteiger partial charge in [0.25, 0.3) is 0 Å². The maximum atomic E-state index is 3.06. The Hall–Kier alpha value is 0.309. The molecule has 1 aromatic rings. The van der Waals surface area contributed by atoms with Crippen molar-refractivity contribution in [3.63, 3.8) is 0 Å². The first-order valence-electron chi connectivity index (χ1n) is 21.9. The Morgan fingerprint density at radius 1 is 0.275 bits per heavy atom. The summed E-state index contributed by atoms with van der Waals surface area (Å²) >= 11 is -6.79. The van der Waals surface area contributed by atoms with Crippen LogP contribution in [0.1, 0.15) is 154 Å². The average molecular weight is 1270 g/mol. The summed E-state index contributed by atoms with van der Waals surface area (Å²) in [6, 6.07) is 9.17. The van der Waals surface area contributed by atoms with E-state index in [9.17, 15) is 0 Å². The predicted octanol–water partition coefficient (Wildman–Crippen LogP) is 12.8. The van der Waals surface area contributed by atoms with Crippen molar-refractivity contribution in [1.82, 2.24) is 0 Å². The number of hydrogen-bond donors (Lipinski definition) is 0. The molecule has 51 heavy (non-hydrogen) atoms. The molecule has 7 rings (SSSR count). The first-order valence-corrected chi connectivity index (χ1v) is 39.1. The summed E-state index contributed by atoms with van der Waals surface area (Å²) in [5, 5.41) is 0. The summed E-state index contributed by atoms with van der Waals surface area (Å²) in [6.07, 6.45) is 66.8. The number of hydrogen-bond acceptors (Lipinski definition) is 0. The van der Waals surface area contributed by atoms with Gasteiger partial charge in [0, 0.05) is 0 Å². The Bertz CT molecular complexity index is 1140. The van der Waals surface area contributed by atoms with Crippen LogP contribution < -0.4 is 9.81 Å².